The van der Waals surface area contributed by atoms with E-state index in [2.05, 4.69) is 10.3 Å². The van der Waals surface area contributed by atoms with E-state index in [1.165, 1.54) is 23.5 Å². The van der Waals surface area contributed by atoms with Crippen LogP contribution in [0.5, 0.6) is 0 Å². The molecule has 6 heteroatoms. The highest BCUT2D eigenvalue weighted by molar-refractivity contribution is 7.09. The zero-order valence-electron chi connectivity index (χ0n) is 10.3. The first-order valence-electron chi connectivity index (χ1n) is 5.80. The monoisotopic (exact) mass is 280 g/mol. The molecule has 2 rings (SSSR count). The van der Waals surface area contributed by atoms with E-state index in [4.69, 9.17) is 5.11 Å². The van der Waals surface area contributed by atoms with Gasteiger partial charge >= 0.3 is 5.97 Å². The fourth-order valence-electron chi connectivity index (χ4n) is 1.70. The summed E-state index contributed by atoms with van der Waals surface area (Å²) < 4.78 is 13.8. The Hall–Kier alpha value is -1.95. The fourth-order valence-corrected chi connectivity index (χ4v) is 2.47. The maximum Gasteiger partial charge on any atom is 0.335 e. The summed E-state index contributed by atoms with van der Waals surface area (Å²) in [7, 11) is 0. The third kappa shape index (κ3) is 3.08. The molecule has 0 saturated heterocycles. The average molecular weight is 280 g/mol. The van der Waals surface area contributed by atoms with E-state index in [1.54, 1.807) is 6.20 Å². The number of hydrogen-bond acceptors (Lipinski definition) is 4. The molecule has 19 heavy (non-hydrogen) atoms. The minimum Gasteiger partial charge on any atom is -0.478 e. The summed E-state index contributed by atoms with van der Waals surface area (Å²) in [5.41, 5.74) is 0.220. The Kier molecular flexibility index (Phi) is 4.11. The lowest BCUT2D eigenvalue weighted by Gasteiger charge is -2.16. The second-order valence-electron chi connectivity index (χ2n) is 3.98. The predicted octanol–water partition coefficient (Wildman–Crippen LogP) is 3.54. The number of aromatic nitrogens is 1. The number of carboxylic acid groups (broad SMARTS) is 1. The van der Waals surface area contributed by atoms with Crippen LogP contribution < -0.4 is 5.32 Å². The fraction of sp³-hybridized carbons (Fsp3) is 0.231. The van der Waals surface area contributed by atoms with Crippen LogP contribution in [-0.2, 0) is 0 Å². The lowest BCUT2D eigenvalue weighted by molar-refractivity contribution is 0.0696. The van der Waals surface area contributed by atoms with Crippen LogP contribution in [0.1, 0.15) is 34.8 Å². The summed E-state index contributed by atoms with van der Waals surface area (Å²) in [6, 6.07) is 3.75. The average Bonchev–Trinajstić information content (AvgIpc) is 2.91. The number of nitrogens with one attached hydrogen (secondary N) is 1. The highest BCUT2D eigenvalue weighted by Crippen LogP contribution is 2.26. The first-order chi connectivity index (χ1) is 9.11. The first-order valence-corrected chi connectivity index (χ1v) is 6.68. The second-order valence-corrected chi connectivity index (χ2v) is 4.90. The largest absolute Gasteiger partial charge is 0.478 e. The van der Waals surface area contributed by atoms with Crippen LogP contribution in [0.3, 0.4) is 0 Å². The molecule has 1 aromatic heterocycles. The van der Waals surface area contributed by atoms with Crippen molar-refractivity contribution in [2.75, 3.05) is 5.32 Å². The Balaban J connectivity index is 2.21. The van der Waals surface area contributed by atoms with E-state index in [-0.39, 0.29) is 17.3 Å². The van der Waals surface area contributed by atoms with Gasteiger partial charge in [0.15, 0.2) is 0 Å². The number of carbonyl (C=O) groups is 1. The van der Waals surface area contributed by atoms with Crippen molar-refractivity contribution in [3.8, 4) is 0 Å². The molecule has 0 aliphatic heterocycles. The molecule has 0 bridgehead atoms. The summed E-state index contributed by atoms with van der Waals surface area (Å²) in [6.45, 7) is 1.97. The number of aromatic carboxylic acids is 1. The van der Waals surface area contributed by atoms with Crippen molar-refractivity contribution in [3.05, 3.63) is 46.2 Å². The van der Waals surface area contributed by atoms with Gasteiger partial charge in [0.05, 0.1) is 17.3 Å². The van der Waals surface area contributed by atoms with Crippen LogP contribution in [0.2, 0.25) is 0 Å². The Labute approximate surface area is 113 Å². The lowest BCUT2D eigenvalue weighted by atomic mass is 10.1. The van der Waals surface area contributed by atoms with Crippen molar-refractivity contribution in [3.63, 3.8) is 0 Å². The minimum absolute atomic E-state index is 0.0645. The Morgan fingerprint density at radius 3 is 2.89 bits per heavy atom. The molecule has 1 heterocycles. The van der Waals surface area contributed by atoms with Crippen LogP contribution in [0.25, 0.3) is 0 Å². The molecule has 0 spiro atoms. The first kappa shape index (κ1) is 13.5. The van der Waals surface area contributed by atoms with Gasteiger partial charge in [-0.2, -0.15) is 0 Å². The molecule has 0 saturated carbocycles. The van der Waals surface area contributed by atoms with E-state index < -0.39 is 11.8 Å². The zero-order chi connectivity index (χ0) is 13.8. The summed E-state index contributed by atoms with van der Waals surface area (Å²) in [5.74, 6) is -1.72. The Morgan fingerprint density at radius 2 is 2.37 bits per heavy atom. The van der Waals surface area contributed by atoms with E-state index >= 15 is 0 Å². The molecule has 0 fully saturated rings. The number of hydrogen-bond donors (Lipinski definition) is 2. The third-order valence-electron chi connectivity index (χ3n) is 2.70. The predicted molar refractivity (Wildman–Crippen MR) is 72.1 cm³/mol. The van der Waals surface area contributed by atoms with Gasteiger partial charge in [0, 0.05) is 11.6 Å². The summed E-state index contributed by atoms with van der Waals surface area (Å²) in [6.07, 6.45) is 2.46. The van der Waals surface area contributed by atoms with Crippen LogP contribution in [0.4, 0.5) is 10.1 Å². The summed E-state index contributed by atoms with van der Waals surface area (Å²) in [4.78, 5) is 14.9. The smallest absolute Gasteiger partial charge is 0.335 e. The number of benzene rings is 1. The molecular weight excluding hydrogens is 267 g/mol. The number of halogens is 1. The van der Waals surface area contributed by atoms with Crippen molar-refractivity contribution in [1.82, 2.24) is 4.98 Å². The zero-order valence-corrected chi connectivity index (χ0v) is 11.1. The maximum atomic E-state index is 13.8. The van der Waals surface area contributed by atoms with Gasteiger partial charge in [-0.15, -0.1) is 11.3 Å². The molecule has 100 valence electrons. The topological polar surface area (TPSA) is 62.2 Å². The molecule has 1 aromatic carbocycles. The van der Waals surface area contributed by atoms with Crippen molar-refractivity contribution < 1.29 is 14.3 Å². The second kappa shape index (κ2) is 5.79. The minimum atomic E-state index is -1.14. The summed E-state index contributed by atoms with van der Waals surface area (Å²) in [5, 5.41) is 14.6. The number of thiazole rings is 1. The Bertz CT molecular complexity index is 572. The van der Waals surface area contributed by atoms with Gasteiger partial charge in [-0.3, -0.25) is 0 Å². The van der Waals surface area contributed by atoms with Crippen LogP contribution >= 0.6 is 11.3 Å². The van der Waals surface area contributed by atoms with E-state index in [0.717, 1.165) is 17.5 Å². The SMILES string of the molecule is CCC(Nc1ccc(C(=O)O)cc1F)c1nccs1. The van der Waals surface area contributed by atoms with E-state index in [9.17, 15) is 9.18 Å². The highest BCUT2D eigenvalue weighted by Gasteiger charge is 2.15. The quantitative estimate of drug-likeness (QED) is 0.879. The third-order valence-corrected chi connectivity index (χ3v) is 3.59. The number of carboxylic acids is 1. The Morgan fingerprint density at radius 1 is 1.58 bits per heavy atom. The molecule has 0 aliphatic rings. The number of nitrogens with zero attached hydrogens (tertiary/aromatic N) is 1. The molecule has 2 N–H and O–H groups in total. The van der Waals surface area contributed by atoms with Crippen molar-refractivity contribution in [2.24, 2.45) is 0 Å². The lowest BCUT2D eigenvalue weighted by Crippen LogP contribution is -2.11. The molecule has 0 aliphatic carbocycles. The van der Waals surface area contributed by atoms with Gasteiger partial charge in [0.2, 0.25) is 0 Å². The van der Waals surface area contributed by atoms with Gasteiger partial charge < -0.3 is 10.4 Å². The van der Waals surface area contributed by atoms with Crippen molar-refractivity contribution in [2.45, 2.75) is 19.4 Å². The highest BCUT2D eigenvalue weighted by atomic mass is 32.1. The summed E-state index contributed by atoms with van der Waals surface area (Å²) >= 11 is 1.50. The molecule has 1 atom stereocenters. The van der Waals surface area contributed by atoms with Gasteiger partial charge in [0.25, 0.3) is 0 Å². The molecular formula is C13H13FN2O2S. The molecule has 0 radical (unpaired) electrons. The van der Waals surface area contributed by atoms with Gasteiger partial charge in [-0.25, -0.2) is 14.2 Å². The van der Waals surface area contributed by atoms with Crippen LogP contribution in [-0.4, -0.2) is 16.1 Å². The maximum absolute atomic E-state index is 13.8. The molecule has 0 amide bonds. The van der Waals surface area contributed by atoms with Crippen LogP contribution in [0.15, 0.2) is 29.8 Å². The molecule has 2 aromatic rings. The molecule has 4 nitrogen and oxygen atoms in total. The van der Waals surface area contributed by atoms with Gasteiger partial charge in [-0.05, 0) is 24.6 Å². The van der Waals surface area contributed by atoms with E-state index in [1.807, 2.05) is 12.3 Å². The van der Waals surface area contributed by atoms with Crippen LogP contribution in [0, 0.1) is 5.82 Å². The van der Waals surface area contributed by atoms with E-state index in [0.29, 0.717) is 0 Å². The van der Waals surface area contributed by atoms with Gasteiger partial charge in [0.1, 0.15) is 10.8 Å². The number of anilines is 1. The van der Waals surface area contributed by atoms with Crippen molar-refractivity contribution >= 4 is 23.0 Å². The van der Waals surface area contributed by atoms with Gasteiger partial charge in [-0.1, -0.05) is 6.92 Å². The van der Waals surface area contributed by atoms with Crippen molar-refractivity contribution in [1.29, 1.82) is 0 Å². The number of rotatable bonds is 5. The standard InChI is InChI=1S/C13H13FN2O2S/c1-2-10(12-15-5-6-19-12)16-11-4-3-8(13(17)18)7-9(11)14/h3-7,10,16H,2H2,1H3,(H,17,18). The molecule has 1 unspecified atom stereocenters. The normalized spacial score (nSPS) is 12.1.